The lowest BCUT2D eigenvalue weighted by atomic mass is 10.2. The molecule has 0 radical (unpaired) electrons. The summed E-state index contributed by atoms with van der Waals surface area (Å²) in [5.41, 5.74) is 2.35. The van der Waals surface area contributed by atoms with E-state index in [2.05, 4.69) is 65.9 Å². The first-order valence-corrected chi connectivity index (χ1v) is 7.75. The summed E-state index contributed by atoms with van der Waals surface area (Å²) in [6, 6.07) is 4.50. The van der Waals surface area contributed by atoms with E-state index in [9.17, 15) is 0 Å². The fourth-order valence-electron chi connectivity index (χ4n) is 1.46. The van der Waals surface area contributed by atoms with E-state index in [-0.39, 0.29) is 0 Å². The van der Waals surface area contributed by atoms with Gasteiger partial charge >= 0.3 is 0 Å². The Bertz CT molecular complexity index is 485. The highest BCUT2D eigenvalue weighted by atomic mass is 79.9. The molecule has 2 aromatic heterocycles. The Hall–Kier alpha value is -0.230. The van der Waals surface area contributed by atoms with Gasteiger partial charge in [0.2, 0.25) is 0 Å². The normalized spacial score (nSPS) is 12.6. The zero-order chi connectivity index (χ0) is 12.3. The molecule has 1 N–H and O–H groups in total. The Morgan fingerprint density at radius 3 is 2.94 bits per heavy atom. The first-order valence-electron chi connectivity index (χ1n) is 5.22. The second-order valence-electron chi connectivity index (χ2n) is 3.74. The third-order valence-corrected chi connectivity index (χ3v) is 4.32. The Morgan fingerprint density at radius 2 is 2.29 bits per heavy atom. The van der Waals surface area contributed by atoms with Gasteiger partial charge in [0.1, 0.15) is 0 Å². The fourth-order valence-corrected chi connectivity index (χ4v) is 3.34. The van der Waals surface area contributed by atoms with Gasteiger partial charge in [-0.25, -0.2) is 0 Å². The molecule has 90 valence electrons. The van der Waals surface area contributed by atoms with Crippen LogP contribution in [-0.2, 0) is 6.54 Å². The van der Waals surface area contributed by atoms with Crippen LogP contribution < -0.4 is 5.32 Å². The van der Waals surface area contributed by atoms with E-state index in [1.807, 2.05) is 12.3 Å². The predicted molar refractivity (Wildman–Crippen MR) is 79.2 cm³/mol. The van der Waals surface area contributed by atoms with Gasteiger partial charge in [-0.3, -0.25) is 4.98 Å². The maximum absolute atomic E-state index is 4.38. The molecule has 0 aliphatic carbocycles. The minimum atomic E-state index is 0.346. The number of hydrogen-bond donors (Lipinski definition) is 1. The standard InChI is InChI=1S/C12H12Br2N2S/c1-8(9-2-3-17-7-9)15-6-12-11(14)4-10(13)5-16-12/h2-5,7-8,15H,6H2,1H3. The zero-order valence-corrected chi connectivity index (χ0v) is 13.3. The van der Waals surface area contributed by atoms with Crippen molar-refractivity contribution < 1.29 is 0 Å². The molecule has 2 aromatic rings. The number of pyridine rings is 1. The summed E-state index contributed by atoms with van der Waals surface area (Å²) in [7, 11) is 0. The molecule has 5 heteroatoms. The van der Waals surface area contributed by atoms with Crippen molar-refractivity contribution in [1.82, 2.24) is 10.3 Å². The Kier molecular flexibility index (Phi) is 4.73. The Balaban J connectivity index is 1.98. The predicted octanol–water partition coefficient (Wildman–Crippen LogP) is 4.52. The molecular formula is C12H12Br2N2S. The molecule has 0 spiro atoms. The summed E-state index contributed by atoms with van der Waals surface area (Å²) in [5.74, 6) is 0. The van der Waals surface area contributed by atoms with Crippen molar-refractivity contribution in [2.45, 2.75) is 19.5 Å². The van der Waals surface area contributed by atoms with E-state index in [0.29, 0.717) is 6.04 Å². The van der Waals surface area contributed by atoms with Gasteiger partial charge in [-0.05, 0) is 67.2 Å². The lowest BCUT2D eigenvalue weighted by molar-refractivity contribution is 0.568. The van der Waals surface area contributed by atoms with Crippen LogP contribution in [0.15, 0.2) is 38.0 Å². The van der Waals surface area contributed by atoms with Gasteiger partial charge in [0, 0.05) is 27.7 Å². The number of nitrogens with one attached hydrogen (secondary N) is 1. The van der Waals surface area contributed by atoms with Crippen LogP contribution in [0.5, 0.6) is 0 Å². The summed E-state index contributed by atoms with van der Waals surface area (Å²) < 4.78 is 2.01. The van der Waals surface area contributed by atoms with Gasteiger partial charge in [0.05, 0.1) is 5.69 Å². The maximum Gasteiger partial charge on any atom is 0.0684 e. The first-order chi connectivity index (χ1) is 8.16. The maximum atomic E-state index is 4.38. The third-order valence-electron chi connectivity index (χ3n) is 2.50. The number of hydrogen-bond acceptors (Lipinski definition) is 3. The minimum Gasteiger partial charge on any atom is -0.304 e. The van der Waals surface area contributed by atoms with Gasteiger partial charge in [-0.15, -0.1) is 0 Å². The molecule has 0 bridgehead atoms. The summed E-state index contributed by atoms with van der Waals surface area (Å²) in [5, 5.41) is 7.73. The van der Waals surface area contributed by atoms with E-state index in [0.717, 1.165) is 21.2 Å². The number of halogens is 2. The van der Waals surface area contributed by atoms with Crippen molar-refractivity contribution in [2.24, 2.45) is 0 Å². The van der Waals surface area contributed by atoms with Gasteiger partial charge in [0.15, 0.2) is 0 Å². The highest BCUT2D eigenvalue weighted by Gasteiger charge is 2.07. The summed E-state index contributed by atoms with van der Waals surface area (Å²) in [4.78, 5) is 4.38. The molecule has 1 atom stereocenters. The van der Waals surface area contributed by atoms with Crippen molar-refractivity contribution in [1.29, 1.82) is 0 Å². The summed E-state index contributed by atoms with van der Waals surface area (Å²) in [6.45, 7) is 2.92. The van der Waals surface area contributed by atoms with E-state index in [1.165, 1.54) is 5.56 Å². The van der Waals surface area contributed by atoms with Crippen molar-refractivity contribution in [3.8, 4) is 0 Å². The highest BCUT2D eigenvalue weighted by Crippen LogP contribution is 2.21. The Labute approximate surface area is 122 Å². The van der Waals surface area contributed by atoms with Gasteiger partial charge in [-0.2, -0.15) is 11.3 Å². The molecule has 2 rings (SSSR count). The van der Waals surface area contributed by atoms with Crippen LogP contribution in [0.2, 0.25) is 0 Å². The molecule has 0 aliphatic rings. The van der Waals surface area contributed by atoms with Crippen LogP contribution in [0.1, 0.15) is 24.2 Å². The molecule has 0 saturated heterocycles. The fraction of sp³-hybridized carbons (Fsp3) is 0.250. The SMILES string of the molecule is CC(NCc1ncc(Br)cc1Br)c1ccsc1. The highest BCUT2D eigenvalue weighted by molar-refractivity contribution is 9.11. The van der Waals surface area contributed by atoms with Gasteiger partial charge < -0.3 is 5.32 Å². The quantitative estimate of drug-likeness (QED) is 0.849. The van der Waals surface area contributed by atoms with Crippen molar-refractivity contribution in [3.05, 3.63) is 49.3 Å². The van der Waals surface area contributed by atoms with Crippen LogP contribution in [0, 0.1) is 0 Å². The minimum absolute atomic E-state index is 0.346. The third kappa shape index (κ3) is 3.61. The lowest BCUT2D eigenvalue weighted by Gasteiger charge is -2.12. The number of nitrogens with zero attached hydrogens (tertiary/aromatic N) is 1. The van der Waals surface area contributed by atoms with Crippen LogP contribution in [0.4, 0.5) is 0 Å². The monoisotopic (exact) mass is 374 g/mol. The molecule has 0 amide bonds. The van der Waals surface area contributed by atoms with Crippen LogP contribution in [-0.4, -0.2) is 4.98 Å². The second-order valence-corrected chi connectivity index (χ2v) is 6.29. The summed E-state index contributed by atoms with van der Waals surface area (Å²) in [6.07, 6.45) is 1.82. The van der Waals surface area contributed by atoms with E-state index < -0.39 is 0 Å². The second kappa shape index (κ2) is 6.09. The molecule has 2 nitrogen and oxygen atoms in total. The Morgan fingerprint density at radius 1 is 1.47 bits per heavy atom. The molecule has 0 aliphatic heterocycles. The molecule has 2 heterocycles. The van der Waals surface area contributed by atoms with Crippen molar-refractivity contribution >= 4 is 43.2 Å². The lowest BCUT2D eigenvalue weighted by Crippen LogP contribution is -2.18. The van der Waals surface area contributed by atoms with Gasteiger partial charge in [-0.1, -0.05) is 0 Å². The molecule has 0 fully saturated rings. The van der Waals surface area contributed by atoms with Crippen molar-refractivity contribution in [3.63, 3.8) is 0 Å². The van der Waals surface area contributed by atoms with E-state index in [4.69, 9.17) is 0 Å². The van der Waals surface area contributed by atoms with Crippen molar-refractivity contribution in [2.75, 3.05) is 0 Å². The van der Waals surface area contributed by atoms with Crippen LogP contribution >= 0.6 is 43.2 Å². The molecule has 0 saturated carbocycles. The smallest absolute Gasteiger partial charge is 0.0684 e. The van der Waals surface area contributed by atoms with E-state index >= 15 is 0 Å². The first kappa shape index (κ1) is 13.2. The number of rotatable bonds is 4. The average Bonchev–Trinajstić information content (AvgIpc) is 2.81. The number of thiophene rings is 1. The molecule has 1 unspecified atom stereocenters. The average molecular weight is 376 g/mol. The van der Waals surface area contributed by atoms with Crippen LogP contribution in [0.3, 0.4) is 0 Å². The number of aromatic nitrogens is 1. The van der Waals surface area contributed by atoms with Crippen LogP contribution in [0.25, 0.3) is 0 Å². The zero-order valence-electron chi connectivity index (χ0n) is 9.28. The molecule has 0 aromatic carbocycles. The topological polar surface area (TPSA) is 24.9 Å². The van der Waals surface area contributed by atoms with Gasteiger partial charge in [0.25, 0.3) is 0 Å². The van der Waals surface area contributed by atoms with E-state index in [1.54, 1.807) is 11.3 Å². The molecular weight excluding hydrogens is 364 g/mol. The molecule has 17 heavy (non-hydrogen) atoms. The largest absolute Gasteiger partial charge is 0.304 e. The summed E-state index contributed by atoms with van der Waals surface area (Å²) >= 11 is 8.64.